The van der Waals surface area contributed by atoms with Gasteiger partial charge in [-0.25, -0.2) is 9.97 Å². The Morgan fingerprint density at radius 2 is 2.00 bits per heavy atom. The number of likely N-dealkylation sites (N-methyl/N-ethyl adjacent to an activating group) is 1. The first-order chi connectivity index (χ1) is 12.1. The van der Waals surface area contributed by atoms with Crippen LogP contribution in [0.5, 0.6) is 0 Å². The molecule has 0 bridgehead atoms. The Hall–Kier alpha value is -2.44. The lowest BCUT2D eigenvalue weighted by Gasteiger charge is -2.12. The van der Waals surface area contributed by atoms with Crippen molar-refractivity contribution >= 4 is 33.1 Å². The first-order valence-electron chi connectivity index (χ1n) is 8.35. The van der Waals surface area contributed by atoms with Crippen LogP contribution in [0.2, 0.25) is 0 Å². The van der Waals surface area contributed by atoms with Crippen LogP contribution < -0.4 is 5.32 Å². The lowest BCUT2D eigenvalue weighted by atomic mass is 10.2. The number of aryl methyl sites for hydroxylation is 1. The SMILES string of the molecule is Cc1cnc2c(NCCN(C)C)nc3cc(-c4ccccc4)sc3n12. The van der Waals surface area contributed by atoms with Gasteiger partial charge in [0.1, 0.15) is 10.3 Å². The summed E-state index contributed by atoms with van der Waals surface area (Å²) in [5, 5.41) is 3.44. The molecule has 128 valence electrons. The van der Waals surface area contributed by atoms with E-state index < -0.39 is 0 Å². The molecule has 0 aliphatic heterocycles. The van der Waals surface area contributed by atoms with Crippen LogP contribution in [0.1, 0.15) is 5.69 Å². The van der Waals surface area contributed by atoms with E-state index in [4.69, 9.17) is 4.98 Å². The molecule has 3 aromatic heterocycles. The fraction of sp³-hybridized carbons (Fsp3) is 0.263. The number of thiophene rings is 1. The Bertz CT molecular complexity index is 1020. The van der Waals surface area contributed by atoms with Crippen LogP contribution in [0.25, 0.3) is 26.4 Å². The van der Waals surface area contributed by atoms with Crippen LogP contribution in [-0.2, 0) is 0 Å². The van der Waals surface area contributed by atoms with Crippen molar-refractivity contribution in [2.24, 2.45) is 0 Å². The number of anilines is 1. The van der Waals surface area contributed by atoms with Crippen molar-refractivity contribution in [1.82, 2.24) is 19.3 Å². The number of rotatable bonds is 5. The molecule has 0 radical (unpaired) electrons. The maximum absolute atomic E-state index is 4.86. The predicted molar refractivity (Wildman–Crippen MR) is 106 cm³/mol. The van der Waals surface area contributed by atoms with Crippen molar-refractivity contribution < 1.29 is 0 Å². The summed E-state index contributed by atoms with van der Waals surface area (Å²) < 4.78 is 2.21. The fourth-order valence-electron chi connectivity index (χ4n) is 2.90. The quantitative estimate of drug-likeness (QED) is 0.592. The molecule has 0 aliphatic carbocycles. The predicted octanol–water partition coefficient (Wildman–Crippen LogP) is 3.89. The number of benzene rings is 1. The Balaban J connectivity index is 1.84. The van der Waals surface area contributed by atoms with Gasteiger partial charge in [-0.2, -0.15) is 0 Å². The zero-order valence-corrected chi connectivity index (χ0v) is 15.5. The number of hydrogen-bond acceptors (Lipinski definition) is 5. The minimum atomic E-state index is 0.836. The molecule has 25 heavy (non-hydrogen) atoms. The van der Waals surface area contributed by atoms with Crippen LogP contribution in [-0.4, -0.2) is 46.5 Å². The third kappa shape index (κ3) is 2.99. The molecule has 1 aromatic carbocycles. The molecular weight excluding hydrogens is 330 g/mol. The molecule has 0 spiro atoms. The molecule has 0 saturated carbocycles. The van der Waals surface area contributed by atoms with Crippen molar-refractivity contribution in [3.05, 3.63) is 48.3 Å². The van der Waals surface area contributed by atoms with E-state index in [1.54, 1.807) is 11.3 Å². The number of fused-ring (bicyclic) bond motifs is 3. The molecule has 3 heterocycles. The molecule has 0 atom stereocenters. The zero-order valence-electron chi connectivity index (χ0n) is 14.7. The average Bonchev–Trinajstić information content (AvgIpc) is 3.19. The maximum Gasteiger partial charge on any atom is 0.181 e. The summed E-state index contributed by atoms with van der Waals surface area (Å²) in [6, 6.07) is 12.6. The number of nitrogens with zero attached hydrogens (tertiary/aromatic N) is 4. The van der Waals surface area contributed by atoms with Gasteiger partial charge in [0.15, 0.2) is 11.5 Å². The summed E-state index contributed by atoms with van der Waals surface area (Å²) in [5.41, 5.74) is 4.24. The van der Waals surface area contributed by atoms with Gasteiger partial charge in [-0.3, -0.25) is 4.40 Å². The number of aromatic nitrogens is 3. The number of imidazole rings is 1. The van der Waals surface area contributed by atoms with E-state index in [9.17, 15) is 0 Å². The van der Waals surface area contributed by atoms with E-state index in [1.165, 1.54) is 10.4 Å². The second-order valence-electron chi connectivity index (χ2n) is 6.42. The summed E-state index contributed by atoms with van der Waals surface area (Å²) in [5.74, 6) is 0.847. The second-order valence-corrected chi connectivity index (χ2v) is 7.45. The van der Waals surface area contributed by atoms with Crippen LogP contribution in [0, 0.1) is 6.92 Å². The van der Waals surface area contributed by atoms with Gasteiger partial charge in [-0.1, -0.05) is 30.3 Å². The topological polar surface area (TPSA) is 45.5 Å². The zero-order chi connectivity index (χ0) is 17.4. The average molecular weight is 351 g/mol. The van der Waals surface area contributed by atoms with Crippen molar-refractivity contribution in [3.8, 4) is 10.4 Å². The van der Waals surface area contributed by atoms with Crippen molar-refractivity contribution in [1.29, 1.82) is 0 Å². The molecule has 0 amide bonds. The Morgan fingerprint density at radius 1 is 1.20 bits per heavy atom. The molecule has 5 nitrogen and oxygen atoms in total. The molecule has 4 aromatic rings. The molecule has 0 unspecified atom stereocenters. The first-order valence-corrected chi connectivity index (χ1v) is 9.17. The van der Waals surface area contributed by atoms with Crippen molar-refractivity contribution in [2.75, 3.05) is 32.5 Å². The standard InChI is InChI=1S/C19H21N5S/c1-13-12-21-18-17(20-9-10-23(2)3)22-15-11-16(25-19(15)24(13)18)14-7-5-4-6-8-14/h4-8,11-12H,9-10H2,1-3H3,(H,20,22). The summed E-state index contributed by atoms with van der Waals surface area (Å²) >= 11 is 1.76. The van der Waals surface area contributed by atoms with Crippen LogP contribution in [0.3, 0.4) is 0 Å². The number of nitrogens with one attached hydrogen (secondary N) is 1. The molecular formula is C19H21N5S. The fourth-order valence-corrected chi connectivity index (χ4v) is 4.07. The lowest BCUT2D eigenvalue weighted by Crippen LogP contribution is -2.21. The monoisotopic (exact) mass is 351 g/mol. The van der Waals surface area contributed by atoms with Crippen LogP contribution >= 0.6 is 11.3 Å². The molecule has 6 heteroatoms. The van der Waals surface area contributed by atoms with E-state index in [-0.39, 0.29) is 0 Å². The minimum absolute atomic E-state index is 0.836. The van der Waals surface area contributed by atoms with Gasteiger partial charge >= 0.3 is 0 Å². The van der Waals surface area contributed by atoms with E-state index in [2.05, 4.69) is 71.0 Å². The maximum atomic E-state index is 4.86. The Labute approximate surface area is 151 Å². The third-order valence-electron chi connectivity index (χ3n) is 4.19. The highest BCUT2D eigenvalue weighted by atomic mass is 32.1. The normalized spacial score (nSPS) is 11.7. The highest BCUT2D eigenvalue weighted by molar-refractivity contribution is 7.21. The van der Waals surface area contributed by atoms with Gasteiger partial charge in [-0.05, 0) is 32.6 Å². The molecule has 4 rings (SSSR count). The Morgan fingerprint density at radius 3 is 2.76 bits per heavy atom. The number of hydrogen-bond donors (Lipinski definition) is 1. The summed E-state index contributed by atoms with van der Waals surface area (Å²) in [7, 11) is 4.14. The van der Waals surface area contributed by atoms with Crippen LogP contribution in [0.4, 0.5) is 5.82 Å². The van der Waals surface area contributed by atoms with Gasteiger partial charge in [0.2, 0.25) is 0 Å². The third-order valence-corrected chi connectivity index (χ3v) is 5.35. The Kier molecular flexibility index (Phi) is 4.15. The lowest BCUT2D eigenvalue weighted by molar-refractivity contribution is 0.425. The van der Waals surface area contributed by atoms with Gasteiger partial charge < -0.3 is 10.2 Å². The second kappa shape index (κ2) is 6.46. The van der Waals surface area contributed by atoms with Crippen LogP contribution in [0.15, 0.2) is 42.6 Å². The summed E-state index contributed by atoms with van der Waals surface area (Å²) in [6.45, 7) is 3.87. The minimum Gasteiger partial charge on any atom is -0.366 e. The van der Waals surface area contributed by atoms with Crippen molar-refractivity contribution in [2.45, 2.75) is 6.92 Å². The van der Waals surface area contributed by atoms with Crippen molar-refractivity contribution in [3.63, 3.8) is 0 Å². The largest absolute Gasteiger partial charge is 0.366 e. The van der Waals surface area contributed by atoms with Gasteiger partial charge in [0.25, 0.3) is 0 Å². The van der Waals surface area contributed by atoms with E-state index in [1.807, 2.05) is 12.3 Å². The smallest absolute Gasteiger partial charge is 0.181 e. The van der Waals surface area contributed by atoms with E-state index in [0.717, 1.165) is 40.6 Å². The summed E-state index contributed by atoms with van der Waals surface area (Å²) in [4.78, 5) is 14.0. The van der Waals surface area contributed by atoms with Gasteiger partial charge in [0.05, 0.1) is 0 Å². The summed E-state index contributed by atoms with van der Waals surface area (Å²) in [6.07, 6.45) is 1.91. The first kappa shape index (κ1) is 16.1. The molecule has 0 fully saturated rings. The van der Waals surface area contributed by atoms with Gasteiger partial charge in [-0.15, -0.1) is 11.3 Å². The molecule has 1 N–H and O–H groups in total. The van der Waals surface area contributed by atoms with E-state index in [0.29, 0.717) is 0 Å². The van der Waals surface area contributed by atoms with Gasteiger partial charge in [0, 0.05) is 29.9 Å². The van der Waals surface area contributed by atoms with E-state index >= 15 is 0 Å². The highest BCUT2D eigenvalue weighted by Gasteiger charge is 2.15. The highest BCUT2D eigenvalue weighted by Crippen LogP contribution is 2.34. The molecule has 0 aliphatic rings. The molecule has 0 saturated heterocycles.